The fourth-order valence-electron chi connectivity index (χ4n) is 4.38. The molecule has 2 aliphatic rings. The Morgan fingerprint density at radius 2 is 1.58 bits per heavy atom. The highest BCUT2D eigenvalue weighted by atomic mass is 32.2. The molecule has 0 unspecified atom stereocenters. The molecule has 4 nitrogen and oxygen atoms in total. The van der Waals surface area contributed by atoms with E-state index in [0.29, 0.717) is 24.0 Å². The van der Waals surface area contributed by atoms with Crippen LogP contribution in [0.3, 0.4) is 0 Å². The first-order valence-corrected chi connectivity index (χ1v) is 10.7. The molecule has 0 saturated carbocycles. The SMILES string of the molecule is Cc1cc(C)c(S(=O)(=O)N2CC(N3CCc4ccccc4C3)C2)c(C)c1. The smallest absolute Gasteiger partial charge is 0.243 e. The molecule has 2 heterocycles. The molecule has 0 amide bonds. The number of rotatable bonds is 3. The van der Waals surface area contributed by atoms with E-state index in [0.717, 1.165) is 36.2 Å². The van der Waals surface area contributed by atoms with Gasteiger partial charge in [0.05, 0.1) is 4.90 Å². The molecular weight excluding hydrogens is 344 g/mol. The molecule has 4 rings (SSSR count). The summed E-state index contributed by atoms with van der Waals surface area (Å²) >= 11 is 0. The van der Waals surface area contributed by atoms with Crippen molar-refractivity contribution in [3.63, 3.8) is 0 Å². The zero-order valence-electron chi connectivity index (χ0n) is 15.7. The van der Waals surface area contributed by atoms with Crippen molar-refractivity contribution in [3.05, 3.63) is 64.2 Å². The molecule has 0 atom stereocenters. The maximum Gasteiger partial charge on any atom is 0.243 e. The van der Waals surface area contributed by atoms with E-state index < -0.39 is 10.0 Å². The normalized spacial score (nSPS) is 19.2. The van der Waals surface area contributed by atoms with Crippen molar-refractivity contribution in [1.82, 2.24) is 9.21 Å². The van der Waals surface area contributed by atoms with Crippen LogP contribution in [0.15, 0.2) is 41.3 Å². The lowest BCUT2D eigenvalue weighted by Crippen LogP contribution is -2.61. The maximum atomic E-state index is 13.1. The monoisotopic (exact) mass is 370 g/mol. The molecule has 138 valence electrons. The summed E-state index contributed by atoms with van der Waals surface area (Å²) in [5, 5.41) is 0. The van der Waals surface area contributed by atoms with Crippen molar-refractivity contribution in [3.8, 4) is 0 Å². The highest BCUT2D eigenvalue weighted by molar-refractivity contribution is 7.89. The molecule has 0 bridgehead atoms. The first kappa shape index (κ1) is 17.7. The van der Waals surface area contributed by atoms with E-state index >= 15 is 0 Å². The van der Waals surface area contributed by atoms with Crippen molar-refractivity contribution in [2.24, 2.45) is 0 Å². The van der Waals surface area contributed by atoms with Crippen molar-refractivity contribution >= 4 is 10.0 Å². The van der Waals surface area contributed by atoms with Crippen LogP contribution in [0.1, 0.15) is 27.8 Å². The molecule has 2 aromatic rings. The molecule has 0 N–H and O–H groups in total. The van der Waals surface area contributed by atoms with Gasteiger partial charge in [0.25, 0.3) is 0 Å². The van der Waals surface area contributed by atoms with E-state index in [1.54, 1.807) is 4.31 Å². The average Bonchev–Trinajstić information content (AvgIpc) is 2.51. The minimum Gasteiger partial charge on any atom is -0.293 e. The third-order valence-corrected chi connectivity index (χ3v) is 7.85. The molecule has 5 heteroatoms. The average molecular weight is 371 g/mol. The number of hydrogen-bond acceptors (Lipinski definition) is 3. The van der Waals surface area contributed by atoms with E-state index in [2.05, 4.69) is 29.2 Å². The van der Waals surface area contributed by atoms with Crippen LogP contribution in [-0.2, 0) is 23.0 Å². The lowest BCUT2D eigenvalue weighted by Gasteiger charge is -2.46. The lowest BCUT2D eigenvalue weighted by molar-refractivity contribution is 0.0768. The van der Waals surface area contributed by atoms with E-state index in [1.807, 2.05) is 32.9 Å². The van der Waals surface area contributed by atoms with Crippen LogP contribution >= 0.6 is 0 Å². The Hall–Kier alpha value is -1.69. The molecule has 0 radical (unpaired) electrons. The zero-order valence-corrected chi connectivity index (χ0v) is 16.5. The minimum atomic E-state index is -3.41. The number of aryl methyl sites for hydroxylation is 3. The highest BCUT2D eigenvalue weighted by Crippen LogP contribution is 2.31. The van der Waals surface area contributed by atoms with E-state index in [-0.39, 0.29) is 0 Å². The van der Waals surface area contributed by atoms with Gasteiger partial charge in [0, 0.05) is 32.2 Å². The van der Waals surface area contributed by atoms with Crippen molar-refractivity contribution < 1.29 is 8.42 Å². The van der Waals surface area contributed by atoms with Gasteiger partial charge in [-0.05, 0) is 49.4 Å². The molecule has 0 aliphatic carbocycles. The fraction of sp³-hybridized carbons (Fsp3) is 0.429. The Morgan fingerprint density at radius 1 is 0.962 bits per heavy atom. The summed E-state index contributed by atoms with van der Waals surface area (Å²) in [5.41, 5.74) is 5.60. The second-order valence-electron chi connectivity index (χ2n) is 7.69. The predicted octanol–water partition coefficient (Wildman–Crippen LogP) is 3.04. The van der Waals surface area contributed by atoms with E-state index in [9.17, 15) is 8.42 Å². The fourth-order valence-corrected chi connectivity index (χ4v) is 6.30. The third kappa shape index (κ3) is 2.98. The molecule has 2 aromatic carbocycles. The number of hydrogen-bond donors (Lipinski definition) is 0. The van der Waals surface area contributed by atoms with Gasteiger partial charge in [0.15, 0.2) is 0 Å². The number of benzene rings is 2. The lowest BCUT2D eigenvalue weighted by atomic mass is 9.97. The Kier molecular flexibility index (Phi) is 4.41. The van der Waals surface area contributed by atoms with Crippen molar-refractivity contribution in [2.45, 2.75) is 44.7 Å². The minimum absolute atomic E-state index is 0.323. The Bertz CT molecular complexity index is 923. The molecule has 1 fully saturated rings. The van der Waals surface area contributed by atoms with Gasteiger partial charge in [-0.1, -0.05) is 42.0 Å². The number of sulfonamides is 1. The summed E-state index contributed by atoms with van der Waals surface area (Å²) in [6, 6.07) is 12.8. The van der Waals surface area contributed by atoms with Gasteiger partial charge in [-0.3, -0.25) is 4.90 Å². The quantitative estimate of drug-likeness (QED) is 0.834. The van der Waals surface area contributed by atoms with Crippen LogP contribution in [-0.4, -0.2) is 43.3 Å². The maximum absolute atomic E-state index is 13.1. The van der Waals surface area contributed by atoms with Gasteiger partial charge >= 0.3 is 0 Å². The Morgan fingerprint density at radius 3 is 2.23 bits per heavy atom. The van der Waals surface area contributed by atoms with Gasteiger partial charge in [0.2, 0.25) is 10.0 Å². The Balaban J connectivity index is 1.48. The first-order valence-electron chi connectivity index (χ1n) is 9.25. The van der Waals surface area contributed by atoms with Gasteiger partial charge in [-0.2, -0.15) is 4.31 Å². The zero-order chi connectivity index (χ0) is 18.5. The standard InChI is InChI=1S/C21H26N2O2S/c1-15-10-16(2)21(17(3)11-15)26(24,25)23-13-20(14-23)22-9-8-18-6-4-5-7-19(18)12-22/h4-7,10-11,20H,8-9,12-14H2,1-3H3. The topological polar surface area (TPSA) is 40.6 Å². The van der Waals surface area contributed by atoms with Crippen LogP contribution in [0.4, 0.5) is 0 Å². The second-order valence-corrected chi connectivity index (χ2v) is 9.57. The summed E-state index contributed by atoms with van der Waals surface area (Å²) in [6.45, 7) is 8.92. The van der Waals surface area contributed by atoms with Crippen LogP contribution in [0, 0.1) is 20.8 Å². The van der Waals surface area contributed by atoms with E-state index in [1.165, 1.54) is 11.1 Å². The molecule has 1 saturated heterocycles. The summed E-state index contributed by atoms with van der Waals surface area (Å²) in [4.78, 5) is 2.92. The summed E-state index contributed by atoms with van der Waals surface area (Å²) in [5.74, 6) is 0. The van der Waals surface area contributed by atoms with Crippen molar-refractivity contribution in [2.75, 3.05) is 19.6 Å². The van der Waals surface area contributed by atoms with Gasteiger partial charge < -0.3 is 0 Å². The predicted molar refractivity (Wildman–Crippen MR) is 104 cm³/mol. The van der Waals surface area contributed by atoms with Crippen LogP contribution in [0.2, 0.25) is 0 Å². The summed E-state index contributed by atoms with van der Waals surface area (Å²) in [6.07, 6.45) is 1.05. The second kappa shape index (κ2) is 6.48. The molecule has 2 aliphatic heterocycles. The van der Waals surface area contributed by atoms with Crippen LogP contribution in [0.25, 0.3) is 0 Å². The Labute approximate surface area is 156 Å². The number of fused-ring (bicyclic) bond motifs is 1. The summed E-state index contributed by atoms with van der Waals surface area (Å²) < 4.78 is 27.8. The van der Waals surface area contributed by atoms with Gasteiger partial charge in [-0.15, -0.1) is 0 Å². The van der Waals surface area contributed by atoms with Crippen LogP contribution < -0.4 is 0 Å². The van der Waals surface area contributed by atoms with E-state index in [4.69, 9.17) is 0 Å². The van der Waals surface area contributed by atoms with Gasteiger partial charge in [-0.25, -0.2) is 8.42 Å². The molecule has 0 aromatic heterocycles. The summed E-state index contributed by atoms with van der Waals surface area (Å²) in [7, 11) is -3.41. The molecular formula is C21H26N2O2S. The highest BCUT2D eigenvalue weighted by Gasteiger charge is 2.41. The van der Waals surface area contributed by atoms with Gasteiger partial charge in [0.1, 0.15) is 0 Å². The molecule has 0 spiro atoms. The third-order valence-electron chi connectivity index (χ3n) is 5.71. The first-order chi connectivity index (χ1) is 12.4. The van der Waals surface area contributed by atoms with Crippen LogP contribution in [0.5, 0.6) is 0 Å². The van der Waals surface area contributed by atoms with Crippen molar-refractivity contribution in [1.29, 1.82) is 0 Å². The largest absolute Gasteiger partial charge is 0.293 e. The number of nitrogens with zero attached hydrogens (tertiary/aromatic N) is 2. The molecule has 26 heavy (non-hydrogen) atoms.